The van der Waals surface area contributed by atoms with Crippen LogP contribution in [0.25, 0.3) is 10.9 Å². The van der Waals surface area contributed by atoms with Gasteiger partial charge in [0.1, 0.15) is 5.82 Å². The zero-order valence-electron chi connectivity index (χ0n) is 16.2. The van der Waals surface area contributed by atoms with Gasteiger partial charge < -0.3 is 4.98 Å². The number of sulfonamides is 1. The standard InChI is InChI=1S/C22H23FN2O3S/c1-15-5-4-6-16-13-17(22(26)24-21(15)16)14-25(19-7-2-3-8-19)29(27,28)20-11-9-18(23)10-12-20/h4-6,9-13,19H,2-3,7-8,14H2,1H3,(H,24,26). The molecule has 0 bridgehead atoms. The number of nitrogens with zero attached hydrogens (tertiary/aromatic N) is 1. The molecule has 3 aromatic rings. The molecule has 0 spiro atoms. The van der Waals surface area contributed by atoms with Gasteiger partial charge in [0.2, 0.25) is 10.0 Å². The molecule has 0 atom stereocenters. The zero-order chi connectivity index (χ0) is 20.6. The van der Waals surface area contributed by atoms with Crippen molar-refractivity contribution in [3.8, 4) is 0 Å². The van der Waals surface area contributed by atoms with Gasteiger partial charge in [0, 0.05) is 18.2 Å². The lowest BCUT2D eigenvalue weighted by Gasteiger charge is -2.28. The molecule has 1 aromatic heterocycles. The number of hydrogen-bond donors (Lipinski definition) is 1. The molecule has 7 heteroatoms. The number of halogens is 1. The van der Waals surface area contributed by atoms with Crippen LogP contribution >= 0.6 is 0 Å². The second-order valence-corrected chi connectivity index (χ2v) is 9.50. The average Bonchev–Trinajstić information content (AvgIpc) is 3.21. The monoisotopic (exact) mass is 414 g/mol. The molecule has 2 aromatic carbocycles. The third kappa shape index (κ3) is 3.84. The second-order valence-electron chi connectivity index (χ2n) is 7.61. The highest BCUT2D eigenvalue weighted by molar-refractivity contribution is 7.89. The van der Waals surface area contributed by atoms with E-state index >= 15 is 0 Å². The van der Waals surface area contributed by atoms with E-state index in [1.54, 1.807) is 6.07 Å². The van der Waals surface area contributed by atoms with Gasteiger partial charge in [-0.3, -0.25) is 4.79 Å². The molecule has 1 N–H and O–H groups in total. The summed E-state index contributed by atoms with van der Waals surface area (Å²) in [6.07, 6.45) is 3.41. The number of aromatic nitrogens is 1. The number of para-hydroxylation sites is 1. The van der Waals surface area contributed by atoms with E-state index in [4.69, 9.17) is 0 Å². The van der Waals surface area contributed by atoms with Crippen molar-refractivity contribution in [2.75, 3.05) is 0 Å². The maximum absolute atomic E-state index is 13.4. The van der Waals surface area contributed by atoms with Crippen LogP contribution in [0.4, 0.5) is 4.39 Å². The van der Waals surface area contributed by atoms with Crippen molar-refractivity contribution in [1.29, 1.82) is 0 Å². The van der Waals surface area contributed by atoms with Gasteiger partial charge in [0.25, 0.3) is 5.56 Å². The minimum absolute atomic E-state index is 0.0103. The van der Waals surface area contributed by atoms with E-state index in [9.17, 15) is 17.6 Å². The van der Waals surface area contributed by atoms with Gasteiger partial charge in [-0.2, -0.15) is 4.31 Å². The molecule has 152 valence electrons. The summed E-state index contributed by atoms with van der Waals surface area (Å²) in [5.74, 6) is -0.488. The van der Waals surface area contributed by atoms with Crippen molar-refractivity contribution in [2.45, 2.75) is 50.1 Å². The van der Waals surface area contributed by atoms with E-state index in [-0.39, 0.29) is 23.0 Å². The Bertz CT molecular complexity index is 1200. The summed E-state index contributed by atoms with van der Waals surface area (Å²) in [5, 5.41) is 0.866. The third-order valence-corrected chi connectivity index (χ3v) is 7.56. The van der Waals surface area contributed by atoms with Crippen LogP contribution in [0.2, 0.25) is 0 Å². The summed E-state index contributed by atoms with van der Waals surface area (Å²) in [6, 6.07) is 12.2. The molecule has 0 aliphatic heterocycles. The first-order valence-electron chi connectivity index (χ1n) is 9.75. The molecule has 0 unspecified atom stereocenters. The molecule has 0 saturated heterocycles. The smallest absolute Gasteiger partial charge is 0.252 e. The Hall–Kier alpha value is -2.51. The molecule has 5 nitrogen and oxygen atoms in total. The number of rotatable bonds is 5. The quantitative estimate of drug-likeness (QED) is 0.683. The van der Waals surface area contributed by atoms with Crippen LogP contribution in [0, 0.1) is 12.7 Å². The maximum atomic E-state index is 13.4. The van der Waals surface area contributed by atoms with E-state index in [1.807, 2.05) is 25.1 Å². The van der Waals surface area contributed by atoms with Gasteiger partial charge in [-0.05, 0) is 61.0 Å². The Balaban J connectivity index is 1.77. The fourth-order valence-electron chi connectivity index (χ4n) is 4.06. The Kier molecular flexibility index (Phi) is 5.27. The minimum atomic E-state index is -3.86. The number of aromatic amines is 1. The van der Waals surface area contributed by atoms with Crippen molar-refractivity contribution in [3.05, 3.63) is 75.8 Å². The summed E-state index contributed by atoms with van der Waals surface area (Å²) in [6.45, 7) is 1.91. The van der Waals surface area contributed by atoms with Crippen LogP contribution < -0.4 is 5.56 Å². The normalized spacial score (nSPS) is 15.4. The number of benzene rings is 2. The van der Waals surface area contributed by atoms with Crippen LogP contribution in [-0.4, -0.2) is 23.7 Å². The number of nitrogens with one attached hydrogen (secondary N) is 1. The molecule has 1 fully saturated rings. The van der Waals surface area contributed by atoms with Crippen molar-refractivity contribution in [1.82, 2.24) is 9.29 Å². The van der Waals surface area contributed by atoms with E-state index < -0.39 is 15.8 Å². The van der Waals surface area contributed by atoms with Gasteiger partial charge in [-0.1, -0.05) is 31.0 Å². The Morgan fingerprint density at radius 2 is 1.79 bits per heavy atom. The SMILES string of the molecule is Cc1cccc2cc(CN(C3CCCC3)S(=O)(=O)c3ccc(F)cc3)c(=O)[nH]c12. The Morgan fingerprint density at radius 3 is 2.48 bits per heavy atom. The largest absolute Gasteiger partial charge is 0.321 e. The average molecular weight is 415 g/mol. The minimum Gasteiger partial charge on any atom is -0.321 e. The summed E-state index contributed by atoms with van der Waals surface area (Å²) >= 11 is 0. The van der Waals surface area contributed by atoms with Gasteiger partial charge in [0.15, 0.2) is 0 Å². The van der Waals surface area contributed by atoms with E-state index in [1.165, 1.54) is 16.4 Å². The maximum Gasteiger partial charge on any atom is 0.252 e. The predicted octanol–water partition coefficient (Wildman–Crippen LogP) is 4.11. The van der Waals surface area contributed by atoms with E-state index in [0.717, 1.165) is 54.3 Å². The predicted molar refractivity (Wildman–Crippen MR) is 111 cm³/mol. The molecule has 0 amide bonds. The molecule has 1 heterocycles. The Morgan fingerprint density at radius 1 is 1.10 bits per heavy atom. The summed E-state index contributed by atoms with van der Waals surface area (Å²) in [7, 11) is -3.86. The molecule has 0 radical (unpaired) electrons. The third-order valence-electron chi connectivity index (χ3n) is 5.64. The molecule has 4 rings (SSSR count). The lowest BCUT2D eigenvalue weighted by molar-refractivity contribution is 0.315. The van der Waals surface area contributed by atoms with Crippen LogP contribution in [0.5, 0.6) is 0 Å². The van der Waals surface area contributed by atoms with E-state index in [2.05, 4.69) is 4.98 Å². The first-order chi connectivity index (χ1) is 13.9. The zero-order valence-corrected chi connectivity index (χ0v) is 17.0. The highest BCUT2D eigenvalue weighted by Crippen LogP contribution is 2.30. The number of fused-ring (bicyclic) bond motifs is 1. The van der Waals surface area contributed by atoms with E-state index in [0.29, 0.717) is 5.56 Å². The summed E-state index contributed by atoms with van der Waals surface area (Å²) in [4.78, 5) is 15.7. The van der Waals surface area contributed by atoms with Gasteiger partial charge >= 0.3 is 0 Å². The van der Waals surface area contributed by atoms with Gasteiger partial charge in [-0.25, -0.2) is 12.8 Å². The van der Waals surface area contributed by atoms with Crippen LogP contribution in [0.1, 0.15) is 36.8 Å². The molecule has 1 saturated carbocycles. The molecular formula is C22H23FN2O3S. The molecular weight excluding hydrogens is 391 g/mol. The second kappa shape index (κ2) is 7.72. The lowest BCUT2D eigenvalue weighted by atomic mass is 10.1. The van der Waals surface area contributed by atoms with Gasteiger partial charge in [0.05, 0.1) is 10.4 Å². The molecule has 29 heavy (non-hydrogen) atoms. The first kappa shape index (κ1) is 19.8. The summed E-state index contributed by atoms with van der Waals surface area (Å²) < 4.78 is 41.4. The van der Waals surface area contributed by atoms with Gasteiger partial charge in [-0.15, -0.1) is 0 Å². The lowest BCUT2D eigenvalue weighted by Crippen LogP contribution is -2.39. The number of pyridine rings is 1. The van der Waals surface area contributed by atoms with Crippen molar-refractivity contribution in [3.63, 3.8) is 0 Å². The highest BCUT2D eigenvalue weighted by Gasteiger charge is 2.34. The van der Waals surface area contributed by atoms with Crippen LogP contribution in [0.3, 0.4) is 0 Å². The van der Waals surface area contributed by atoms with Crippen molar-refractivity contribution < 1.29 is 12.8 Å². The van der Waals surface area contributed by atoms with Crippen LogP contribution in [-0.2, 0) is 16.6 Å². The fraction of sp³-hybridized carbons (Fsp3) is 0.318. The number of aryl methyl sites for hydroxylation is 1. The Labute approximate surface area is 169 Å². The van der Waals surface area contributed by atoms with Crippen LogP contribution in [0.15, 0.2) is 58.2 Å². The summed E-state index contributed by atoms with van der Waals surface area (Å²) in [5.41, 5.74) is 1.83. The molecule has 1 aliphatic rings. The van der Waals surface area contributed by atoms with Crippen molar-refractivity contribution >= 4 is 20.9 Å². The topological polar surface area (TPSA) is 70.2 Å². The molecule has 1 aliphatic carbocycles. The fourth-order valence-corrected chi connectivity index (χ4v) is 5.72. The number of hydrogen-bond acceptors (Lipinski definition) is 3. The van der Waals surface area contributed by atoms with Crippen molar-refractivity contribution in [2.24, 2.45) is 0 Å². The first-order valence-corrected chi connectivity index (χ1v) is 11.2. The highest BCUT2D eigenvalue weighted by atomic mass is 32.2. The number of H-pyrrole nitrogens is 1.